The summed E-state index contributed by atoms with van der Waals surface area (Å²) in [4.78, 5) is 25.0. The highest BCUT2D eigenvalue weighted by Crippen LogP contribution is 2.26. The number of carbonyl (C=O) groups excluding carboxylic acids is 1. The maximum atomic E-state index is 12.4. The van der Waals surface area contributed by atoms with Gasteiger partial charge < -0.3 is 4.74 Å². The Kier molecular flexibility index (Phi) is 14.9. The molecule has 0 bridgehead atoms. The van der Waals surface area contributed by atoms with Crippen molar-refractivity contribution in [2.24, 2.45) is 5.18 Å². The molecule has 194 valence electrons. The second-order valence-electron chi connectivity index (χ2n) is 7.56. The number of alkyl halides is 3. The van der Waals surface area contributed by atoms with Crippen LogP contribution in [0.25, 0.3) is 0 Å². The van der Waals surface area contributed by atoms with Gasteiger partial charge in [0.25, 0.3) is 5.91 Å². The number of likely N-dealkylation sites (N-methyl/N-ethyl adjacent to an activating group) is 1. The van der Waals surface area contributed by atoms with E-state index in [1.165, 1.54) is 30.2 Å². The van der Waals surface area contributed by atoms with Gasteiger partial charge in [-0.2, -0.15) is 0 Å². The molecule has 35 heavy (non-hydrogen) atoms. The minimum absolute atomic E-state index is 0.0892. The van der Waals surface area contributed by atoms with Crippen molar-refractivity contribution in [2.45, 2.75) is 57.7 Å². The van der Waals surface area contributed by atoms with Crippen LogP contribution in [0.15, 0.2) is 64.4 Å². The largest absolute Gasteiger partial charge is 0.573 e. The highest BCUT2D eigenvalue weighted by atomic mass is 32.2. The molecule has 1 aromatic rings. The Morgan fingerprint density at radius 1 is 1.26 bits per heavy atom. The maximum absolute atomic E-state index is 12.4. The van der Waals surface area contributed by atoms with Crippen LogP contribution in [0.5, 0.6) is 0 Å². The first-order valence-electron chi connectivity index (χ1n) is 11.6. The topological polar surface area (TPSA) is 71.0 Å². The fourth-order valence-corrected chi connectivity index (χ4v) is 4.13. The Morgan fingerprint density at radius 2 is 2.03 bits per heavy atom. The van der Waals surface area contributed by atoms with Crippen molar-refractivity contribution < 1.29 is 22.7 Å². The van der Waals surface area contributed by atoms with Crippen molar-refractivity contribution in [3.05, 3.63) is 70.4 Å². The van der Waals surface area contributed by atoms with Crippen LogP contribution in [-0.4, -0.2) is 43.3 Å². The molecule has 0 spiro atoms. The normalized spacial score (nSPS) is 12.7. The lowest BCUT2D eigenvalue weighted by atomic mass is 9.99. The van der Waals surface area contributed by atoms with Crippen LogP contribution in [0.4, 0.5) is 13.2 Å². The number of hydrogen-bond donors (Lipinski definition) is 1. The van der Waals surface area contributed by atoms with Crippen molar-refractivity contribution in [1.29, 1.82) is 0 Å². The van der Waals surface area contributed by atoms with Crippen molar-refractivity contribution in [1.82, 2.24) is 9.62 Å². The third-order valence-corrected chi connectivity index (χ3v) is 5.88. The highest BCUT2D eigenvalue weighted by molar-refractivity contribution is 7.97. The summed E-state index contributed by atoms with van der Waals surface area (Å²) in [5.41, 5.74) is 2.22. The van der Waals surface area contributed by atoms with Crippen molar-refractivity contribution in [3.8, 4) is 0 Å². The van der Waals surface area contributed by atoms with Crippen molar-refractivity contribution in [2.75, 3.05) is 26.2 Å². The summed E-state index contributed by atoms with van der Waals surface area (Å²) >= 11 is 1.49. The molecule has 0 atom stereocenters. The highest BCUT2D eigenvalue weighted by Gasteiger charge is 2.31. The summed E-state index contributed by atoms with van der Waals surface area (Å²) in [5.74, 6) is -0.923. The molecular formula is C25H34F3N3O3S. The zero-order valence-corrected chi connectivity index (χ0v) is 21.3. The van der Waals surface area contributed by atoms with Crippen LogP contribution < -0.4 is 4.72 Å². The lowest BCUT2D eigenvalue weighted by molar-refractivity contribution is -0.303. The number of ether oxygens (including phenoxy) is 1. The van der Waals surface area contributed by atoms with Gasteiger partial charge >= 0.3 is 6.36 Å². The molecule has 1 amide bonds. The molecule has 10 heteroatoms. The van der Waals surface area contributed by atoms with Gasteiger partial charge in [0, 0.05) is 36.1 Å². The molecule has 0 fully saturated rings. The molecule has 0 radical (unpaired) electrons. The monoisotopic (exact) mass is 513 g/mol. The van der Waals surface area contributed by atoms with E-state index >= 15 is 0 Å². The molecule has 1 N–H and O–H groups in total. The van der Waals surface area contributed by atoms with E-state index in [0.29, 0.717) is 19.5 Å². The average Bonchev–Trinajstić information content (AvgIpc) is 2.81. The number of benzene rings is 1. The molecule has 0 aliphatic heterocycles. The van der Waals surface area contributed by atoms with E-state index < -0.39 is 12.3 Å². The minimum atomic E-state index is -4.73. The molecule has 0 saturated carbocycles. The maximum Gasteiger partial charge on any atom is 0.573 e. The summed E-state index contributed by atoms with van der Waals surface area (Å²) in [6.45, 7) is 8.48. The number of carbonyl (C=O) groups is 1. The predicted molar refractivity (Wildman–Crippen MR) is 135 cm³/mol. The van der Waals surface area contributed by atoms with Gasteiger partial charge in [-0.25, -0.2) is 0 Å². The van der Waals surface area contributed by atoms with Gasteiger partial charge in [-0.3, -0.25) is 14.4 Å². The van der Waals surface area contributed by atoms with E-state index in [1.807, 2.05) is 25.1 Å². The number of allylic oxidation sites excluding steroid dienone is 4. The number of nitroso groups, excluding NO2 is 1. The molecule has 0 aliphatic rings. The van der Waals surface area contributed by atoms with Crippen LogP contribution >= 0.6 is 11.9 Å². The molecule has 1 aromatic carbocycles. The zero-order chi connectivity index (χ0) is 26.1. The molecule has 0 saturated heterocycles. The molecule has 0 aromatic heterocycles. The van der Waals surface area contributed by atoms with Crippen LogP contribution in [0.2, 0.25) is 0 Å². The van der Waals surface area contributed by atoms with E-state index in [9.17, 15) is 22.9 Å². The van der Waals surface area contributed by atoms with Crippen molar-refractivity contribution in [3.63, 3.8) is 0 Å². The second kappa shape index (κ2) is 17.1. The molecule has 0 heterocycles. The average molecular weight is 514 g/mol. The first kappa shape index (κ1) is 30.6. The first-order chi connectivity index (χ1) is 16.7. The van der Waals surface area contributed by atoms with Gasteiger partial charge in [0.2, 0.25) is 0 Å². The Bertz CT molecular complexity index is 886. The SMILES string of the molecule is C\C=C/C(=C\C=C\CN(CC)CCNSc1cccc(CCC)c1CCC(=O)N=O)OC(F)(F)F. The third-order valence-electron chi connectivity index (χ3n) is 4.92. The smallest absolute Gasteiger partial charge is 0.406 e. The van der Waals surface area contributed by atoms with Crippen molar-refractivity contribution >= 4 is 17.9 Å². The number of rotatable bonds is 16. The number of halogens is 3. The Balaban J connectivity index is 2.64. The fraction of sp³-hybridized carbons (Fsp3) is 0.480. The quantitative estimate of drug-likeness (QED) is 0.0915. The first-order valence-corrected chi connectivity index (χ1v) is 12.4. The number of nitrogens with zero attached hydrogens (tertiary/aromatic N) is 2. The van der Waals surface area contributed by atoms with Gasteiger partial charge in [0.1, 0.15) is 5.76 Å². The Labute approximate surface area is 209 Å². The summed E-state index contributed by atoms with van der Waals surface area (Å²) in [5, 5.41) is 2.49. The van der Waals surface area contributed by atoms with Gasteiger partial charge in [0.05, 0.1) is 0 Å². The van der Waals surface area contributed by atoms with Crippen LogP contribution in [0.3, 0.4) is 0 Å². The van der Waals surface area contributed by atoms with Gasteiger partial charge in [-0.15, -0.1) is 18.1 Å². The lowest BCUT2D eigenvalue weighted by Crippen LogP contribution is -2.30. The van der Waals surface area contributed by atoms with E-state index in [-0.39, 0.29) is 12.2 Å². The van der Waals surface area contributed by atoms with Crippen LogP contribution in [-0.2, 0) is 22.4 Å². The van der Waals surface area contributed by atoms with E-state index in [1.54, 1.807) is 19.1 Å². The minimum Gasteiger partial charge on any atom is -0.406 e. The number of nitrogens with one attached hydrogen (secondary N) is 1. The summed E-state index contributed by atoms with van der Waals surface area (Å²) in [6.07, 6.45) is 5.04. The molecule has 0 unspecified atom stereocenters. The van der Waals surface area contributed by atoms with Crippen LogP contribution in [0.1, 0.15) is 44.7 Å². The van der Waals surface area contributed by atoms with Crippen LogP contribution in [0, 0.1) is 4.91 Å². The zero-order valence-electron chi connectivity index (χ0n) is 20.4. The predicted octanol–water partition coefficient (Wildman–Crippen LogP) is 6.34. The summed E-state index contributed by atoms with van der Waals surface area (Å²) < 4.78 is 44.6. The molecule has 1 rings (SSSR count). The molecular weight excluding hydrogens is 479 g/mol. The standard InChI is InChI=1S/C25H34F3N3O3S/c1-4-10-20-12-9-14-23(22(20)15-16-24(32)30-33)35-29-17-19-31(6-3)18-8-7-13-21(11-5-2)34-25(26,27)28/h5,7-9,11-14,29H,4,6,10,15-19H2,1-3H3/b8-7+,11-5-,21-13+. The van der Waals surface area contributed by atoms with E-state index in [2.05, 4.69) is 26.5 Å². The van der Waals surface area contributed by atoms with E-state index in [0.717, 1.165) is 42.0 Å². The number of hydrogen-bond acceptors (Lipinski definition) is 6. The third kappa shape index (κ3) is 13.3. The Morgan fingerprint density at radius 3 is 2.66 bits per heavy atom. The lowest BCUT2D eigenvalue weighted by Gasteiger charge is -2.19. The van der Waals surface area contributed by atoms with Gasteiger partial charge in [0.15, 0.2) is 0 Å². The second-order valence-corrected chi connectivity index (χ2v) is 8.50. The number of aryl methyl sites for hydroxylation is 1. The molecule has 0 aliphatic carbocycles. The van der Waals surface area contributed by atoms with E-state index in [4.69, 9.17) is 0 Å². The summed E-state index contributed by atoms with van der Waals surface area (Å²) in [6, 6.07) is 6.02. The Hall–Kier alpha value is -2.43. The molecule has 6 nitrogen and oxygen atoms in total. The number of amides is 1. The van der Waals surface area contributed by atoms with Gasteiger partial charge in [-0.05, 0) is 67.6 Å². The fourth-order valence-electron chi connectivity index (χ4n) is 3.28. The summed E-state index contributed by atoms with van der Waals surface area (Å²) in [7, 11) is 0. The van der Waals surface area contributed by atoms with Gasteiger partial charge in [-0.1, -0.05) is 50.6 Å².